The summed E-state index contributed by atoms with van der Waals surface area (Å²) in [6.07, 6.45) is 1.78. The van der Waals surface area contributed by atoms with Gasteiger partial charge in [0, 0.05) is 44.8 Å². The first-order valence-corrected chi connectivity index (χ1v) is 7.47. The number of piperazine rings is 1. The molecule has 0 atom stereocenters. The lowest BCUT2D eigenvalue weighted by atomic mass is 10.1. The van der Waals surface area contributed by atoms with Gasteiger partial charge in [0.2, 0.25) is 5.91 Å². The molecular formula is C15H24N4O2. The lowest BCUT2D eigenvalue weighted by Gasteiger charge is -2.35. The Balaban J connectivity index is 2.02. The standard InChI is InChI=1S/C15H24N4O2/c1-4-17-10-12(16)9-13(17)15(21)19-7-5-18(6-8-19)14(20)11(2)3/h9-11H,4-8,16H2,1-3H3. The summed E-state index contributed by atoms with van der Waals surface area (Å²) in [6.45, 7) is 8.85. The fourth-order valence-corrected chi connectivity index (χ4v) is 2.63. The molecule has 1 aliphatic heterocycles. The van der Waals surface area contributed by atoms with Crippen LogP contribution in [0.3, 0.4) is 0 Å². The highest BCUT2D eigenvalue weighted by molar-refractivity contribution is 5.94. The van der Waals surface area contributed by atoms with Gasteiger partial charge in [-0.25, -0.2) is 0 Å². The second kappa shape index (κ2) is 6.20. The molecule has 0 spiro atoms. The average molecular weight is 292 g/mol. The zero-order valence-corrected chi connectivity index (χ0v) is 13.0. The van der Waals surface area contributed by atoms with Gasteiger partial charge in [-0.15, -0.1) is 0 Å². The number of carbonyl (C=O) groups is 2. The van der Waals surface area contributed by atoms with Gasteiger partial charge in [0.05, 0.1) is 5.69 Å². The van der Waals surface area contributed by atoms with E-state index in [9.17, 15) is 9.59 Å². The van der Waals surface area contributed by atoms with Crippen LogP contribution >= 0.6 is 0 Å². The van der Waals surface area contributed by atoms with Crippen LogP contribution in [-0.4, -0.2) is 52.4 Å². The molecule has 2 rings (SSSR count). The maximum absolute atomic E-state index is 12.5. The molecule has 0 aromatic carbocycles. The Morgan fingerprint density at radius 2 is 1.76 bits per heavy atom. The number of nitrogen functional groups attached to an aromatic ring is 1. The van der Waals surface area contributed by atoms with Gasteiger partial charge in [-0.1, -0.05) is 13.8 Å². The summed E-state index contributed by atoms with van der Waals surface area (Å²) in [5.74, 6) is 0.151. The largest absolute Gasteiger partial charge is 0.397 e. The minimum atomic E-state index is -0.00908. The van der Waals surface area contributed by atoms with Gasteiger partial charge < -0.3 is 20.1 Å². The zero-order valence-electron chi connectivity index (χ0n) is 13.0. The van der Waals surface area contributed by atoms with Gasteiger partial charge in [-0.05, 0) is 13.0 Å². The van der Waals surface area contributed by atoms with Crippen LogP contribution in [0, 0.1) is 5.92 Å². The summed E-state index contributed by atoms with van der Waals surface area (Å²) in [5.41, 5.74) is 7.00. The average Bonchev–Trinajstić information content (AvgIpc) is 2.86. The summed E-state index contributed by atoms with van der Waals surface area (Å²) in [7, 11) is 0. The second-order valence-corrected chi connectivity index (χ2v) is 5.72. The minimum absolute atomic E-state index is 0.00405. The molecule has 0 bridgehead atoms. The van der Waals surface area contributed by atoms with E-state index >= 15 is 0 Å². The third kappa shape index (κ3) is 3.20. The van der Waals surface area contributed by atoms with E-state index in [1.807, 2.05) is 30.2 Å². The number of carbonyl (C=O) groups excluding carboxylic acids is 2. The first kappa shape index (κ1) is 15.4. The van der Waals surface area contributed by atoms with Crippen LogP contribution in [0.2, 0.25) is 0 Å². The van der Waals surface area contributed by atoms with Crippen LogP contribution in [0.4, 0.5) is 5.69 Å². The molecule has 0 aliphatic carbocycles. The highest BCUT2D eigenvalue weighted by Gasteiger charge is 2.27. The van der Waals surface area contributed by atoms with Gasteiger partial charge in [0.15, 0.2) is 0 Å². The van der Waals surface area contributed by atoms with Gasteiger partial charge in [-0.3, -0.25) is 9.59 Å². The normalized spacial score (nSPS) is 15.6. The number of aryl methyl sites for hydroxylation is 1. The topological polar surface area (TPSA) is 71.6 Å². The van der Waals surface area contributed by atoms with Crippen molar-refractivity contribution in [3.63, 3.8) is 0 Å². The van der Waals surface area contributed by atoms with Crippen LogP contribution in [0.15, 0.2) is 12.3 Å². The first-order valence-electron chi connectivity index (χ1n) is 7.47. The van der Waals surface area contributed by atoms with Crippen molar-refractivity contribution in [1.82, 2.24) is 14.4 Å². The van der Waals surface area contributed by atoms with Gasteiger partial charge in [0.25, 0.3) is 5.91 Å². The predicted molar refractivity (Wildman–Crippen MR) is 81.8 cm³/mol. The third-order valence-corrected chi connectivity index (χ3v) is 3.85. The predicted octanol–water partition coefficient (Wildman–Crippen LogP) is 1.03. The van der Waals surface area contributed by atoms with Crippen LogP contribution in [0.25, 0.3) is 0 Å². The number of anilines is 1. The van der Waals surface area contributed by atoms with Crippen molar-refractivity contribution in [1.29, 1.82) is 0 Å². The van der Waals surface area contributed by atoms with Crippen LogP contribution in [0.1, 0.15) is 31.3 Å². The second-order valence-electron chi connectivity index (χ2n) is 5.72. The van der Waals surface area contributed by atoms with Crippen LogP contribution in [-0.2, 0) is 11.3 Å². The summed E-state index contributed by atoms with van der Waals surface area (Å²) >= 11 is 0. The maximum atomic E-state index is 12.5. The van der Waals surface area contributed by atoms with E-state index < -0.39 is 0 Å². The van der Waals surface area contributed by atoms with Gasteiger partial charge in [0.1, 0.15) is 5.69 Å². The van der Waals surface area contributed by atoms with E-state index in [1.54, 1.807) is 17.2 Å². The highest BCUT2D eigenvalue weighted by Crippen LogP contribution is 2.15. The molecule has 0 radical (unpaired) electrons. The number of hydrogen-bond acceptors (Lipinski definition) is 3. The van der Waals surface area contributed by atoms with Gasteiger partial charge >= 0.3 is 0 Å². The quantitative estimate of drug-likeness (QED) is 0.904. The number of amides is 2. The molecule has 21 heavy (non-hydrogen) atoms. The van der Waals surface area contributed by atoms with Crippen molar-refractivity contribution in [2.24, 2.45) is 5.92 Å². The molecule has 6 nitrogen and oxygen atoms in total. The Morgan fingerprint density at radius 1 is 1.19 bits per heavy atom. The smallest absolute Gasteiger partial charge is 0.270 e. The first-order chi connectivity index (χ1) is 9.93. The molecule has 0 saturated carbocycles. The highest BCUT2D eigenvalue weighted by atomic mass is 16.2. The molecule has 0 unspecified atom stereocenters. The SMILES string of the molecule is CCn1cc(N)cc1C(=O)N1CCN(C(=O)C(C)C)CC1. The molecule has 1 saturated heterocycles. The van der Waals surface area contributed by atoms with Crippen molar-refractivity contribution in [2.45, 2.75) is 27.3 Å². The van der Waals surface area contributed by atoms with E-state index in [-0.39, 0.29) is 17.7 Å². The molecule has 116 valence electrons. The Bertz CT molecular complexity index is 528. The van der Waals surface area contributed by atoms with Gasteiger partial charge in [-0.2, -0.15) is 0 Å². The Kier molecular flexibility index (Phi) is 4.55. The zero-order chi connectivity index (χ0) is 15.6. The van der Waals surface area contributed by atoms with Crippen LogP contribution < -0.4 is 5.73 Å². The summed E-state index contributed by atoms with van der Waals surface area (Å²) in [6, 6.07) is 1.72. The molecular weight excluding hydrogens is 268 g/mol. The van der Waals surface area contributed by atoms with Crippen molar-refractivity contribution in [2.75, 3.05) is 31.9 Å². The fourth-order valence-electron chi connectivity index (χ4n) is 2.63. The Labute approximate surface area is 125 Å². The fraction of sp³-hybridized carbons (Fsp3) is 0.600. The summed E-state index contributed by atoms with van der Waals surface area (Å²) in [5, 5.41) is 0. The molecule has 1 fully saturated rings. The van der Waals surface area contributed by atoms with Crippen molar-refractivity contribution in [3.05, 3.63) is 18.0 Å². The molecule has 1 aromatic heterocycles. The van der Waals surface area contributed by atoms with Crippen molar-refractivity contribution >= 4 is 17.5 Å². The molecule has 2 amide bonds. The summed E-state index contributed by atoms with van der Waals surface area (Å²) < 4.78 is 1.86. The lowest BCUT2D eigenvalue weighted by molar-refractivity contribution is -0.135. The summed E-state index contributed by atoms with van der Waals surface area (Å²) in [4.78, 5) is 28.1. The number of rotatable bonds is 3. The maximum Gasteiger partial charge on any atom is 0.270 e. The Morgan fingerprint density at radius 3 is 2.29 bits per heavy atom. The number of nitrogens with two attached hydrogens (primary N) is 1. The molecule has 1 aliphatic rings. The molecule has 2 heterocycles. The number of hydrogen-bond donors (Lipinski definition) is 1. The number of nitrogens with zero attached hydrogens (tertiary/aromatic N) is 3. The molecule has 1 aromatic rings. The van der Waals surface area contributed by atoms with E-state index in [1.165, 1.54) is 0 Å². The Hall–Kier alpha value is -1.98. The van der Waals surface area contributed by atoms with E-state index in [2.05, 4.69) is 0 Å². The van der Waals surface area contributed by atoms with E-state index in [0.717, 1.165) is 0 Å². The van der Waals surface area contributed by atoms with E-state index in [4.69, 9.17) is 5.73 Å². The minimum Gasteiger partial charge on any atom is -0.397 e. The van der Waals surface area contributed by atoms with Crippen molar-refractivity contribution < 1.29 is 9.59 Å². The molecule has 2 N–H and O–H groups in total. The van der Waals surface area contributed by atoms with Crippen LogP contribution in [0.5, 0.6) is 0 Å². The van der Waals surface area contributed by atoms with Crippen molar-refractivity contribution in [3.8, 4) is 0 Å². The lowest BCUT2D eigenvalue weighted by Crippen LogP contribution is -2.51. The number of aromatic nitrogens is 1. The van der Waals surface area contributed by atoms with E-state index in [0.29, 0.717) is 44.1 Å². The third-order valence-electron chi connectivity index (χ3n) is 3.85. The monoisotopic (exact) mass is 292 g/mol. The molecule has 6 heteroatoms.